The summed E-state index contributed by atoms with van der Waals surface area (Å²) in [5.41, 5.74) is 1.20. The van der Waals surface area contributed by atoms with E-state index in [1.165, 1.54) is 0 Å². The van der Waals surface area contributed by atoms with Gasteiger partial charge in [0, 0.05) is 36.8 Å². The van der Waals surface area contributed by atoms with Gasteiger partial charge in [-0.2, -0.15) is 0 Å². The minimum atomic E-state index is -0.978. The zero-order valence-electron chi connectivity index (χ0n) is 15.9. The first kappa shape index (κ1) is 18.7. The van der Waals surface area contributed by atoms with Gasteiger partial charge in [-0.25, -0.2) is 0 Å². The molecule has 1 saturated carbocycles. The number of carbonyl (C=O) groups is 2. The van der Waals surface area contributed by atoms with E-state index in [0.717, 1.165) is 24.1 Å². The summed E-state index contributed by atoms with van der Waals surface area (Å²) in [6.45, 7) is 0.865. The number of rotatable bonds is 6. The number of ether oxygens (including phenoxy) is 2. The number of fused-ring (bicyclic) bond motifs is 1. The number of amides is 1. The average molecular weight is 384 g/mol. The van der Waals surface area contributed by atoms with Crippen molar-refractivity contribution in [2.75, 3.05) is 26.9 Å². The van der Waals surface area contributed by atoms with Crippen LogP contribution in [-0.2, 0) is 9.53 Å². The normalized spacial score (nSPS) is 18.6. The number of hydrogen-bond acceptors (Lipinski definition) is 5. The van der Waals surface area contributed by atoms with Crippen LogP contribution in [0, 0.1) is 5.41 Å². The topological polar surface area (TPSA) is 97.8 Å². The molecule has 1 aliphatic heterocycles. The second kappa shape index (κ2) is 7.39. The van der Waals surface area contributed by atoms with Gasteiger partial charge in [0.1, 0.15) is 5.75 Å². The summed E-state index contributed by atoms with van der Waals surface area (Å²) < 4.78 is 10.6. The zero-order valence-corrected chi connectivity index (χ0v) is 15.9. The van der Waals surface area contributed by atoms with Gasteiger partial charge in [-0.1, -0.05) is 0 Å². The predicted molar refractivity (Wildman–Crippen MR) is 103 cm³/mol. The fourth-order valence-electron chi connectivity index (χ4n) is 3.70. The van der Waals surface area contributed by atoms with Crippen LogP contribution in [0.15, 0.2) is 24.3 Å². The third kappa shape index (κ3) is 3.54. The number of aromatic nitrogens is 1. The molecule has 0 unspecified atom stereocenters. The van der Waals surface area contributed by atoms with Crippen LogP contribution in [0.4, 0.5) is 0 Å². The maximum Gasteiger partial charge on any atom is 0.311 e. The number of carbonyl (C=O) groups excluding carboxylic acids is 1. The summed E-state index contributed by atoms with van der Waals surface area (Å²) in [5.74, 6) is -0.126. The van der Waals surface area contributed by atoms with Crippen LogP contribution < -0.4 is 10.1 Å². The Labute approximate surface area is 163 Å². The number of nitrogens with one attached hydrogen (secondary N) is 1. The SMILES string of the molecule is COc1ccc2nc(C3CC3)cc(C(=O)NCC3(C(=O)O)CCOCC3)c2c1. The van der Waals surface area contributed by atoms with Crippen LogP contribution in [0.1, 0.15) is 47.7 Å². The Morgan fingerprint density at radius 2 is 2.04 bits per heavy atom. The van der Waals surface area contributed by atoms with Crippen LogP contribution in [0.3, 0.4) is 0 Å². The molecule has 0 radical (unpaired) electrons. The van der Waals surface area contributed by atoms with Crippen LogP contribution in [-0.4, -0.2) is 48.8 Å². The first-order valence-electron chi connectivity index (χ1n) is 9.60. The minimum absolute atomic E-state index is 0.0804. The van der Waals surface area contributed by atoms with Crippen LogP contribution >= 0.6 is 0 Å². The largest absolute Gasteiger partial charge is 0.497 e. The first-order chi connectivity index (χ1) is 13.5. The molecular formula is C21H24N2O5. The maximum absolute atomic E-state index is 13.1. The standard InChI is InChI=1S/C21H24N2O5/c1-27-14-4-5-17-15(10-14)16(11-18(23-17)13-2-3-13)19(24)22-12-21(20(25)26)6-8-28-9-7-21/h4-5,10-11,13H,2-3,6-9,12H2,1H3,(H,22,24)(H,25,26). The van der Waals surface area contributed by atoms with Crippen molar-refractivity contribution in [1.82, 2.24) is 10.3 Å². The molecule has 28 heavy (non-hydrogen) atoms. The van der Waals surface area contributed by atoms with E-state index in [1.54, 1.807) is 13.2 Å². The van der Waals surface area contributed by atoms with Gasteiger partial charge in [0.05, 0.1) is 23.6 Å². The van der Waals surface area contributed by atoms with Gasteiger partial charge in [-0.3, -0.25) is 14.6 Å². The van der Waals surface area contributed by atoms with Crippen molar-refractivity contribution in [3.63, 3.8) is 0 Å². The van der Waals surface area contributed by atoms with Gasteiger partial charge < -0.3 is 19.9 Å². The van der Waals surface area contributed by atoms with Crippen LogP contribution in [0.5, 0.6) is 5.75 Å². The number of benzene rings is 1. The van der Waals surface area contributed by atoms with Crippen molar-refractivity contribution in [1.29, 1.82) is 0 Å². The molecule has 1 aliphatic carbocycles. The molecule has 2 aliphatic rings. The number of aliphatic carboxylic acids is 1. The van der Waals surface area contributed by atoms with Gasteiger partial charge in [0.15, 0.2) is 0 Å². The lowest BCUT2D eigenvalue weighted by molar-refractivity contribution is -0.154. The molecule has 0 atom stereocenters. The molecule has 1 aromatic heterocycles. The fourth-order valence-corrected chi connectivity index (χ4v) is 3.70. The Balaban J connectivity index is 1.64. The number of carboxylic acids is 1. The van der Waals surface area contributed by atoms with Crippen molar-refractivity contribution in [2.45, 2.75) is 31.6 Å². The van der Waals surface area contributed by atoms with Crippen molar-refractivity contribution in [3.05, 3.63) is 35.5 Å². The van der Waals surface area contributed by atoms with Gasteiger partial charge in [-0.05, 0) is 49.9 Å². The molecular weight excluding hydrogens is 360 g/mol. The van der Waals surface area contributed by atoms with Gasteiger partial charge >= 0.3 is 5.97 Å². The van der Waals surface area contributed by atoms with Crippen LogP contribution in [0.25, 0.3) is 10.9 Å². The van der Waals surface area contributed by atoms with E-state index >= 15 is 0 Å². The molecule has 2 aromatic rings. The minimum Gasteiger partial charge on any atom is -0.497 e. The van der Waals surface area contributed by atoms with E-state index in [-0.39, 0.29) is 12.5 Å². The lowest BCUT2D eigenvalue weighted by atomic mass is 9.80. The molecule has 1 saturated heterocycles. The molecule has 1 aromatic carbocycles. The summed E-state index contributed by atoms with van der Waals surface area (Å²) in [6.07, 6.45) is 2.94. The summed E-state index contributed by atoms with van der Waals surface area (Å²) in [4.78, 5) is 29.6. The summed E-state index contributed by atoms with van der Waals surface area (Å²) in [6, 6.07) is 7.32. The third-order valence-corrected chi connectivity index (χ3v) is 5.77. The smallest absolute Gasteiger partial charge is 0.311 e. The first-order valence-corrected chi connectivity index (χ1v) is 9.60. The summed E-state index contributed by atoms with van der Waals surface area (Å²) >= 11 is 0. The number of methoxy groups -OCH3 is 1. The Hall–Kier alpha value is -2.67. The second-order valence-electron chi connectivity index (χ2n) is 7.63. The highest BCUT2D eigenvalue weighted by Crippen LogP contribution is 2.40. The maximum atomic E-state index is 13.1. The molecule has 2 heterocycles. The average Bonchev–Trinajstić information content (AvgIpc) is 3.56. The molecule has 2 N–H and O–H groups in total. The Bertz CT molecular complexity index is 916. The monoisotopic (exact) mass is 384 g/mol. The van der Waals surface area contributed by atoms with Gasteiger partial charge in [0.25, 0.3) is 5.91 Å². The fraction of sp³-hybridized carbons (Fsp3) is 0.476. The highest BCUT2D eigenvalue weighted by atomic mass is 16.5. The van der Waals surface area contributed by atoms with E-state index < -0.39 is 11.4 Å². The van der Waals surface area contributed by atoms with E-state index in [4.69, 9.17) is 14.5 Å². The molecule has 0 spiro atoms. The Kier molecular flexibility index (Phi) is 4.93. The van der Waals surface area contributed by atoms with E-state index in [2.05, 4.69) is 5.32 Å². The highest BCUT2D eigenvalue weighted by molar-refractivity contribution is 6.06. The van der Waals surface area contributed by atoms with Crippen molar-refractivity contribution in [3.8, 4) is 5.75 Å². The van der Waals surface area contributed by atoms with Crippen LogP contribution in [0.2, 0.25) is 0 Å². The van der Waals surface area contributed by atoms with Crippen molar-refractivity contribution in [2.24, 2.45) is 5.41 Å². The van der Waals surface area contributed by atoms with E-state index in [1.807, 2.05) is 18.2 Å². The van der Waals surface area contributed by atoms with Crippen molar-refractivity contribution >= 4 is 22.8 Å². The Morgan fingerprint density at radius 3 is 2.68 bits per heavy atom. The van der Waals surface area contributed by atoms with Gasteiger partial charge in [0.2, 0.25) is 0 Å². The molecule has 7 heteroatoms. The summed E-state index contributed by atoms with van der Waals surface area (Å²) in [7, 11) is 1.58. The number of pyridine rings is 1. The lowest BCUT2D eigenvalue weighted by Gasteiger charge is -2.33. The number of nitrogens with zero attached hydrogens (tertiary/aromatic N) is 1. The molecule has 1 amide bonds. The molecule has 4 rings (SSSR count). The predicted octanol–water partition coefficient (Wildman–Crippen LogP) is 2.73. The highest BCUT2D eigenvalue weighted by Gasteiger charge is 2.40. The third-order valence-electron chi connectivity index (χ3n) is 5.77. The number of carboxylic acid groups (broad SMARTS) is 1. The van der Waals surface area contributed by atoms with E-state index in [9.17, 15) is 14.7 Å². The lowest BCUT2D eigenvalue weighted by Crippen LogP contribution is -2.46. The molecule has 2 fully saturated rings. The van der Waals surface area contributed by atoms with E-state index in [0.29, 0.717) is 48.7 Å². The summed E-state index contributed by atoms with van der Waals surface area (Å²) in [5, 5.41) is 13.3. The Morgan fingerprint density at radius 1 is 1.29 bits per heavy atom. The molecule has 7 nitrogen and oxygen atoms in total. The quantitative estimate of drug-likeness (QED) is 0.795. The second-order valence-corrected chi connectivity index (χ2v) is 7.63. The zero-order chi connectivity index (χ0) is 19.7. The molecule has 0 bridgehead atoms. The number of hydrogen-bond donors (Lipinski definition) is 2. The van der Waals surface area contributed by atoms with Crippen molar-refractivity contribution < 1.29 is 24.2 Å². The van der Waals surface area contributed by atoms with Gasteiger partial charge in [-0.15, -0.1) is 0 Å². The molecule has 148 valence electrons.